The van der Waals surface area contributed by atoms with Gasteiger partial charge < -0.3 is 10.2 Å². The van der Waals surface area contributed by atoms with Crippen molar-refractivity contribution in [3.63, 3.8) is 0 Å². The van der Waals surface area contributed by atoms with Gasteiger partial charge >= 0.3 is 32.4 Å². The maximum atomic E-state index is 8.56. The molecule has 0 fully saturated rings. The Labute approximate surface area is 80.4 Å². The second-order valence-corrected chi connectivity index (χ2v) is 0.283. The Balaban J connectivity index is -0.0000000150. The average molecular weight is 388 g/mol. The van der Waals surface area contributed by atoms with Crippen LogP contribution in [-0.4, -0.2) is 42.6 Å². The van der Waals surface area contributed by atoms with E-state index < -0.39 is 6.16 Å². The first kappa shape index (κ1) is 24.2. The molecule has 0 saturated carbocycles. The average Bonchev–Trinajstić information content (AvgIpc) is 0.811. The quantitative estimate of drug-likeness (QED) is 0.526. The van der Waals surface area contributed by atoms with Crippen LogP contribution in [0.2, 0.25) is 0 Å². The fourth-order valence-electron chi connectivity index (χ4n) is 0. The second kappa shape index (κ2) is 15.7. The van der Waals surface area contributed by atoms with Gasteiger partial charge in [-0.15, -0.1) is 0 Å². The van der Waals surface area contributed by atoms with Crippen LogP contribution in [0.3, 0.4) is 0 Å². The standard InChI is InChI=1S/CH2O3.Bi.Mn.Ni.3H/c2-1(3)4;;;;;;/h(H2,2,3,4);;;;;;. The maximum Gasteiger partial charge on any atom is 0 e. The Kier molecular flexibility index (Phi) is 54.2. The van der Waals surface area contributed by atoms with E-state index in [9.17, 15) is 0 Å². The van der Waals surface area contributed by atoms with E-state index in [1.165, 1.54) is 0 Å². The van der Waals surface area contributed by atoms with Crippen molar-refractivity contribution in [2.45, 2.75) is 0 Å². The first-order valence-electron chi connectivity index (χ1n) is 0.651. The van der Waals surface area contributed by atoms with Crippen LogP contribution in [0.1, 0.15) is 0 Å². The van der Waals surface area contributed by atoms with Crippen molar-refractivity contribution < 1.29 is 48.6 Å². The summed E-state index contributed by atoms with van der Waals surface area (Å²) in [6.07, 6.45) is -1.83. The van der Waals surface area contributed by atoms with Crippen molar-refractivity contribution in [3.05, 3.63) is 0 Å². The molecule has 0 aliphatic rings. The molecule has 2 N–H and O–H groups in total. The molecule has 0 bridgehead atoms. The van der Waals surface area contributed by atoms with Gasteiger partial charge in [-0.1, -0.05) is 0 Å². The van der Waals surface area contributed by atoms with Crippen LogP contribution in [0.25, 0.3) is 0 Å². The third-order valence-electron chi connectivity index (χ3n) is 0. The van der Waals surface area contributed by atoms with Gasteiger partial charge in [-0.05, 0) is 0 Å². The molecule has 0 unspecified atom stereocenters. The molecule has 0 heterocycles. The zero-order valence-corrected chi connectivity index (χ0v) is 10.9. The molecule has 0 aliphatic carbocycles. The molecule has 6 heteroatoms. The molecule has 7 heavy (non-hydrogen) atoms. The van der Waals surface area contributed by atoms with E-state index in [-0.39, 0.29) is 59.8 Å². The molecule has 0 amide bonds. The minimum absolute atomic E-state index is 0. The number of hydrogen-bond donors (Lipinski definition) is 2. The minimum Gasteiger partial charge on any atom is 0 e. The van der Waals surface area contributed by atoms with Gasteiger partial charge in [-0.25, -0.2) is 4.79 Å². The fourth-order valence-corrected chi connectivity index (χ4v) is 0. The van der Waals surface area contributed by atoms with Gasteiger partial charge in [0.15, 0.2) is 0 Å². The number of carboxylic acid groups (broad SMARTS) is 2. The zero-order valence-electron chi connectivity index (χ0n) is 3.20. The molecule has 0 saturated heterocycles. The third-order valence-corrected chi connectivity index (χ3v) is 0. The third kappa shape index (κ3) is 141. The Hall–Kier alpha value is 1.17. The van der Waals surface area contributed by atoms with Gasteiger partial charge in [0.1, 0.15) is 0 Å². The van der Waals surface area contributed by atoms with Crippen LogP contribution < -0.4 is 0 Å². The summed E-state index contributed by atoms with van der Waals surface area (Å²) in [7, 11) is 0. The van der Waals surface area contributed by atoms with Crippen molar-refractivity contribution in [2.75, 3.05) is 0 Å². The molecule has 0 aromatic carbocycles. The molecule has 49 valence electrons. The Bertz CT molecular complexity index is 37.9. The normalized spacial score (nSPS) is 3.43. The predicted molar refractivity (Wildman–Crippen MR) is 20.6 cm³/mol. The van der Waals surface area contributed by atoms with E-state index in [0.29, 0.717) is 0 Å². The molecule has 0 aromatic rings. The van der Waals surface area contributed by atoms with Crippen molar-refractivity contribution in [1.29, 1.82) is 0 Å². The zero-order chi connectivity index (χ0) is 3.58. The summed E-state index contributed by atoms with van der Waals surface area (Å²) >= 11 is 0. The van der Waals surface area contributed by atoms with Crippen molar-refractivity contribution in [3.8, 4) is 0 Å². The van der Waals surface area contributed by atoms with Crippen molar-refractivity contribution in [2.24, 2.45) is 0 Å². The van der Waals surface area contributed by atoms with E-state index in [1.54, 1.807) is 0 Å². The first-order valence-corrected chi connectivity index (χ1v) is 0.651. The van der Waals surface area contributed by atoms with E-state index in [1.807, 2.05) is 0 Å². The van der Waals surface area contributed by atoms with E-state index in [0.717, 1.165) is 0 Å². The number of carbonyl (C=O) groups is 1. The van der Waals surface area contributed by atoms with Gasteiger partial charge in [-0.2, -0.15) is 0 Å². The predicted octanol–water partition coefficient (Wildman–Crippen LogP) is -0.966. The Morgan fingerprint density at radius 2 is 1.29 bits per heavy atom. The topological polar surface area (TPSA) is 57.5 Å². The van der Waals surface area contributed by atoms with Crippen molar-refractivity contribution >= 4 is 32.4 Å². The molecule has 0 aromatic heterocycles. The smallest absolute Gasteiger partial charge is 0 e. The minimum atomic E-state index is -1.83. The molecule has 0 atom stereocenters. The van der Waals surface area contributed by atoms with E-state index in [4.69, 9.17) is 15.0 Å². The molecule has 1 radical (unpaired) electrons. The summed E-state index contributed by atoms with van der Waals surface area (Å²) in [5.41, 5.74) is 0. The summed E-state index contributed by atoms with van der Waals surface area (Å²) in [6, 6.07) is 0. The SMILES string of the molecule is O=C(O)O.[BiH3].[Mn].[Ni]. The van der Waals surface area contributed by atoms with Crippen LogP contribution in [-0.2, 0) is 33.6 Å². The van der Waals surface area contributed by atoms with Crippen LogP contribution >= 0.6 is 0 Å². The van der Waals surface area contributed by atoms with Crippen LogP contribution in [0.5, 0.6) is 0 Å². The summed E-state index contributed by atoms with van der Waals surface area (Å²) in [6.45, 7) is 0. The first-order chi connectivity index (χ1) is 1.73. The molecule has 0 spiro atoms. The molecular formula is CH5BiMnNiO3. The summed E-state index contributed by atoms with van der Waals surface area (Å²) < 4.78 is 0. The molecule has 0 rings (SSSR count). The molecular weight excluding hydrogens is 383 g/mol. The van der Waals surface area contributed by atoms with Gasteiger partial charge in [-0.3, -0.25) is 0 Å². The summed E-state index contributed by atoms with van der Waals surface area (Å²) in [4.78, 5) is 8.56. The van der Waals surface area contributed by atoms with Crippen LogP contribution in [0.15, 0.2) is 0 Å². The molecule has 0 aliphatic heterocycles. The number of rotatable bonds is 0. The number of hydrogen-bond acceptors (Lipinski definition) is 1. The van der Waals surface area contributed by atoms with Gasteiger partial charge in [0, 0.05) is 33.6 Å². The van der Waals surface area contributed by atoms with Crippen LogP contribution in [0.4, 0.5) is 4.79 Å². The largest absolute Gasteiger partial charge is 0 e. The van der Waals surface area contributed by atoms with Gasteiger partial charge in [0.25, 0.3) is 0 Å². The maximum absolute atomic E-state index is 8.56. The fraction of sp³-hybridized carbons (Fsp3) is 0. The van der Waals surface area contributed by atoms with E-state index >= 15 is 0 Å². The summed E-state index contributed by atoms with van der Waals surface area (Å²) in [5, 5.41) is 13.9. The van der Waals surface area contributed by atoms with Gasteiger partial charge in [0.05, 0.1) is 0 Å². The molecule has 3 nitrogen and oxygen atoms in total. The Morgan fingerprint density at radius 1 is 1.29 bits per heavy atom. The second-order valence-electron chi connectivity index (χ2n) is 0.283. The van der Waals surface area contributed by atoms with Crippen LogP contribution in [0, 0.1) is 0 Å². The van der Waals surface area contributed by atoms with E-state index in [2.05, 4.69) is 0 Å². The summed E-state index contributed by atoms with van der Waals surface area (Å²) in [5.74, 6) is 0. The Morgan fingerprint density at radius 3 is 1.29 bits per heavy atom. The monoisotopic (exact) mass is 387 g/mol. The van der Waals surface area contributed by atoms with Gasteiger partial charge in [0.2, 0.25) is 0 Å². The van der Waals surface area contributed by atoms with Crippen molar-refractivity contribution in [1.82, 2.24) is 0 Å².